The van der Waals surface area contributed by atoms with Gasteiger partial charge in [0.15, 0.2) is 8.32 Å². The maximum Gasteiger partial charge on any atom is 0.192 e. The van der Waals surface area contributed by atoms with Crippen LogP contribution in [0.1, 0.15) is 80.6 Å². The van der Waals surface area contributed by atoms with Crippen LogP contribution in [0.4, 0.5) is 0 Å². The van der Waals surface area contributed by atoms with Gasteiger partial charge in [0.2, 0.25) is 0 Å². The zero-order chi connectivity index (χ0) is 31.1. The number of allylic oxidation sites excluding steroid dienone is 2. The summed E-state index contributed by atoms with van der Waals surface area (Å²) in [4.78, 5) is 0. The first-order chi connectivity index (χ1) is 18.7. The van der Waals surface area contributed by atoms with Crippen molar-refractivity contribution < 1.29 is 23.7 Å². The molecule has 0 unspecified atom stereocenters. The van der Waals surface area contributed by atoms with Gasteiger partial charge in [-0.3, -0.25) is 0 Å². The average molecular weight is 611 g/mol. The summed E-state index contributed by atoms with van der Waals surface area (Å²) in [5.41, 5.74) is 1.20. The molecule has 0 spiro atoms. The second kappa shape index (κ2) is 12.8. The fourth-order valence-electron chi connectivity index (χ4n) is 8.41. The third-order valence-corrected chi connectivity index (χ3v) is 18.4. The van der Waals surface area contributed by atoms with Gasteiger partial charge in [0.05, 0.1) is 6.10 Å². The lowest BCUT2D eigenvalue weighted by Gasteiger charge is -2.66. The lowest BCUT2D eigenvalue weighted by Crippen LogP contribution is -2.66. The van der Waals surface area contributed by atoms with Gasteiger partial charge in [-0.2, -0.15) is 0 Å². The predicted octanol–water partition coefficient (Wildman–Crippen LogP) is 8.52. The highest BCUT2D eigenvalue weighted by Gasteiger charge is 2.69. The summed E-state index contributed by atoms with van der Waals surface area (Å²) in [6, 6.07) is 1.18. The second-order valence-electron chi connectivity index (χ2n) is 17.3. The van der Waals surface area contributed by atoms with E-state index in [1.165, 1.54) is 11.6 Å². The number of aliphatic hydroxyl groups excluding tert-OH is 1. The first-order valence-corrected chi connectivity index (χ1v) is 23.1. The van der Waals surface area contributed by atoms with E-state index in [4.69, 9.17) is 18.6 Å². The van der Waals surface area contributed by atoms with Gasteiger partial charge in [0, 0.05) is 52.4 Å². The van der Waals surface area contributed by atoms with Crippen molar-refractivity contribution in [1.82, 2.24) is 0 Å². The average Bonchev–Trinajstić information content (AvgIpc) is 3.01. The fraction of sp³-hybridized carbons (Fsp3) is 0.941. The number of ether oxygens (including phenoxy) is 3. The van der Waals surface area contributed by atoms with Gasteiger partial charge < -0.3 is 23.7 Å². The van der Waals surface area contributed by atoms with Gasteiger partial charge in [0.25, 0.3) is 0 Å². The molecule has 0 amide bonds. The van der Waals surface area contributed by atoms with E-state index in [0.29, 0.717) is 25.2 Å². The summed E-state index contributed by atoms with van der Waals surface area (Å²) >= 11 is 0. The van der Waals surface area contributed by atoms with E-state index in [-0.39, 0.29) is 39.4 Å². The summed E-state index contributed by atoms with van der Waals surface area (Å²) in [5, 5.41) is 12.4. The van der Waals surface area contributed by atoms with Crippen molar-refractivity contribution >= 4 is 16.4 Å². The van der Waals surface area contributed by atoms with Crippen LogP contribution < -0.4 is 0 Å². The maximum absolute atomic E-state index is 12.3. The maximum atomic E-state index is 12.3. The number of rotatable bonds is 13. The van der Waals surface area contributed by atoms with E-state index in [1.54, 1.807) is 7.11 Å². The zero-order valence-electron chi connectivity index (χ0n) is 29.1. The highest BCUT2D eigenvalue weighted by atomic mass is 28.4. The van der Waals surface area contributed by atoms with Crippen LogP contribution >= 0.6 is 0 Å². The molecule has 3 rings (SSSR count). The van der Waals surface area contributed by atoms with Crippen molar-refractivity contribution in [2.45, 2.75) is 137 Å². The van der Waals surface area contributed by atoms with E-state index in [0.717, 1.165) is 45.3 Å². The summed E-state index contributed by atoms with van der Waals surface area (Å²) in [6.45, 7) is 31.3. The summed E-state index contributed by atoms with van der Waals surface area (Å²) in [7, 11) is -1.52. The van der Waals surface area contributed by atoms with E-state index < -0.39 is 16.4 Å². The number of hydrogen-bond acceptors (Lipinski definition) is 5. The van der Waals surface area contributed by atoms with Crippen molar-refractivity contribution in [3.05, 3.63) is 11.6 Å². The lowest BCUT2D eigenvalue weighted by atomic mass is 9.41. The van der Waals surface area contributed by atoms with Gasteiger partial charge in [-0.05, 0) is 85.9 Å². The Kier molecular flexibility index (Phi) is 11.0. The molecule has 0 aromatic carbocycles. The number of hydrogen-bond donors (Lipinski definition) is 1. The second-order valence-corrected chi connectivity index (χ2v) is 27.7. The van der Waals surface area contributed by atoms with Crippen molar-refractivity contribution in [2.24, 2.45) is 34.0 Å². The largest absolute Gasteiger partial charge is 0.414 e. The summed E-state index contributed by atoms with van der Waals surface area (Å²) in [6.07, 6.45) is 7.38. The van der Waals surface area contributed by atoms with Gasteiger partial charge in [-0.25, -0.2) is 0 Å². The van der Waals surface area contributed by atoms with Crippen LogP contribution in [0.15, 0.2) is 11.6 Å². The fourth-order valence-corrected chi connectivity index (χ4v) is 10.5. The molecule has 2 fully saturated rings. The topological polar surface area (TPSA) is 57.2 Å². The molecule has 3 aliphatic rings. The predicted molar refractivity (Wildman–Crippen MR) is 177 cm³/mol. The van der Waals surface area contributed by atoms with Gasteiger partial charge >= 0.3 is 0 Å². The third kappa shape index (κ3) is 7.12. The molecule has 0 aromatic heterocycles. The van der Waals surface area contributed by atoms with Gasteiger partial charge in [0.1, 0.15) is 6.79 Å². The first kappa shape index (κ1) is 35.5. The van der Waals surface area contributed by atoms with Gasteiger partial charge in [-0.1, -0.05) is 72.8 Å². The molecule has 7 atom stereocenters. The molecule has 41 heavy (non-hydrogen) atoms. The zero-order valence-corrected chi connectivity index (χ0v) is 31.1. The van der Waals surface area contributed by atoms with Crippen LogP contribution in [-0.2, 0) is 18.6 Å². The molecule has 1 N–H and O–H groups in total. The highest BCUT2D eigenvalue weighted by Crippen LogP contribution is 2.71. The smallest absolute Gasteiger partial charge is 0.192 e. The molecule has 0 aliphatic heterocycles. The Balaban J connectivity index is 2.07. The SMILES string of the molecule is COCOCCC[C@@]12C=C(C)C(C)(C)[C@@H]1C[C@H](O)[C@@]1(C)[C@@H](COCC[Si](C)(C)C)CC[C@H](O[Si](C)(C)C(C)(C)C)[C@H]21. The Hall–Kier alpha value is -0.0262. The minimum Gasteiger partial charge on any atom is -0.414 e. The standard InChI is InChI=1S/C34H66O5Si2/c1-25-22-34(17-14-18-38-24-36-8)28(32(25,5)6)21-29(35)33(7)26(23-37-19-20-40(9,10)11)15-16-27(30(33)34)39-41(12,13)31(2,3)4/h22,26-30,35H,14-21,23-24H2,1-13H3/t26-,27+,28+,29+,30+,33-,34-/m1/s1. The normalized spacial score (nSPS) is 35.7. The molecule has 2 saturated carbocycles. The molecule has 3 aliphatic carbocycles. The molecular formula is C34H66O5Si2. The van der Waals surface area contributed by atoms with Crippen molar-refractivity contribution in [2.75, 3.05) is 33.7 Å². The Morgan fingerprint density at radius 2 is 1.66 bits per heavy atom. The van der Waals surface area contributed by atoms with Gasteiger partial charge in [-0.15, -0.1) is 0 Å². The minimum atomic E-state index is -2.05. The van der Waals surface area contributed by atoms with E-state index in [2.05, 4.69) is 87.3 Å². The minimum absolute atomic E-state index is 0.0397. The van der Waals surface area contributed by atoms with E-state index in [9.17, 15) is 5.11 Å². The quantitative estimate of drug-likeness (QED) is 0.0980. The Labute approximate surface area is 255 Å². The van der Waals surface area contributed by atoms with Crippen LogP contribution in [-0.4, -0.2) is 67.4 Å². The van der Waals surface area contributed by atoms with Crippen LogP contribution in [0.3, 0.4) is 0 Å². The van der Waals surface area contributed by atoms with Crippen LogP contribution in [0.5, 0.6) is 0 Å². The van der Waals surface area contributed by atoms with E-state index in [1.807, 2.05) is 0 Å². The van der Waals surface area contributed by atoms with Crippen LogP contribution in [0.25, 0.3) is 0 Å². The Bertz CT molecular complexity index is 904. The number of methoxy groups -OCH3 is 1. The third-order valence-electron chi connectivity index (χ3n) is 12.2. The molecule has 0 saturated heterocycles. The molecule has 5 nitrogen and oxygen atoms in total. The summed E-state index contributed by atoms with van der Waals surface area (Å²) in [5.74, 6) is 0.933. The molecule has 240 valence electrons. The van der Waals surface area contributed by atoms with Crippen molar-refractivity contribution in [3.63, 3.8) is 0 Å². The Morgan fingerprint density at radius 3 is 2.24 bits per heavy atom. The molecule has 0 aromatic rings. The van der Waals surface area contributed by atoms with E-state index >= 15 is 0 Å². The number of aliphatic hydroxyl groups is 1. The molecule has 0 radical (unpaired) electrons. The molecule has 7 heteroatoms. The molecular weight excluding hydrogens is 545 g/mol. The number of fused-ring (bicyclic) bond motifs is 3. The van der Waals surface area contributed by atoms with Crippen LogP contribution in [0.2, 0.25) is 43.8 Å². The molecule has 0 bridgehead atoms. The van der Waals surface area contributed by atoms with Crippen LogP contribution in [0, 0.1) is 34.0 Å². The highest BCUT2D eigenvalue weighted by molar-refractivity contribution is 6.76. The molecule has 0 heterocycles. The first-order valence-electron chi connectivity index (χ1n) is 16.4. The lowest BCUT2D eigenvalue weighted by molar-refractivity contribution is -0.222. The monoisotopic (exact) mass is 610 g/mol. The van der Waals surface area contributed by atoms with Crippen molar-refractivity contribution in [3.8, 4) is 0 Å². The van der Waals surface area contributed by atoms with Crippen molar-refractivity contribution in [1.29, 1.82) is 0 Å². The summed E-state index contributed by atoms with van der Waals surface area (Å²) < 4.78 is 24.9. The Morgan fingerprint density at radius 1 is 1.00 bits per heavy atom.